The van der Waals surface area contributed by atoms with E-state index in [0.717, 1.165) is 51.3 Å². The monoisotopic (exact) mass is 680 g/mol. The lowest BCUT2D eigenvalue weighted by Gasteiger charge is -2.19. The van der Waals surface area contributed by atoms with E-state index in [1.165, 1.54) is 38.8 Å². The van der Waals surface area contributed by atoms with Gasteiger partial charge < -0.3 is 35.0 Å². The van der Waals surface area contributed by atoms with Gasteiger partial charge in [-0.1, -0.05) is 12.5 Å². The zero-order chi connectivity index (χ0) is 34.6. The number of amides is 1. The average molecular weight is 681 g/mol. The number of alkyl carbamates (subject to hydrolysis) is 1. The largest absolute Gasteiger partial charge is 0.465 e. The van der Waals surface area contributed by atoms with Crippen molar-refractivity contribution in [3.05, 3.63) is 35.7 Å². The van der Waals surface area contributed by atoms with Gasteiger partial charge in [0, 0.05) is 47.3 Å². The van der Waals surface area contributed by atoms with Gasteiger partial charge in [-0.3, -0.25) is 0 Å². The summed E-state index contributed by atoms with van der Waals surface area (Å²) >= 11 is 0. The van der Waals surface area contributed by atoms with Crippen LogP contribution in [0.4, 0.5) is 23.9 Å². The number of rotatable bonds is 12. The van der Waals surface area contributed by atoms with E-state index >= 15 is 0 Å². The van der Waals surface area contributed by atoms with Crippen LogP contribution in [0.25, 0.3) is 22.2 Å². The number of H-pyrrole nitrogens is 1. The van der Waals surface area contributed by atoms with Gasteiger partial charge in [0.1, 0.15) is 18.3 Å². The molecule has 11 nitrogen and oxygen atoms in total. The third-order valence-corrected chi connectivity index (χ3v) is 9.38. The number of hydrogen-bond acceptors (Lipinski definition) is 9. The standard InChI is InChI=1S/C32H44F3N6O5P/c1-31(2,3)46-30(43)37-15-9-7-8-14-36-19-10-11-20(16-19)40-29-39-18-24(32(33,34)35)25(41-29)23-17-38-26-21(23)12-13-22(28(42)45-4)27(26)47(5,6)44/h12-13,17-20,36,38H,7-11,14-16H2,1-6H3,(H,37,43)(H,39,40,41)/t19-,20-/m0/s1. The second-order valence-electron chi connectivity index (χ2n) is 13.2. The smallest absolute Gasteiger partial charge is 0.419 e. The maximum atomic E-state index is 14.2. The Morgan fingerprint density at radius 3 is 2.43 bits per heavy atom. The lowest BCUT2D eigenvalue weighted by atomic mass is 10.0. The molecular formula is C32H44F3N6O5P. The molecule has 1 amide bonds. The molecule has 0 saturated heterocycles. The first-order chi connectivity index (χ1) is 22.0. The Labute approximate surface area is 272 Å². The third-order valence-electron chi connectivity index (χ3n) is 7.84. The third kappa shape index (κ3) is 9.47. The van der Waals surface area contributed by atoms with Crippen LogP contribution >= 0.6 is 7.14 Å². The van der Waals surface area contributed by atoms with Crippen molar-refractivity contribution in [1.29, 1.82) is 0 Å². The van der Waals surface area contributed by atoms with E-state index in [4.69, 9.17) is 9.47 Å². The van der Waals surface area contributed by atoms with Gasteiger partial charge in [0.2, 0.25) is 5.95 Å². The maximum Gasteiger partial charge on any atom is 0.419 e. The summed E-state index contributed by atoms with van der Waals surface area (Å²) in [6.07, 6.45) is 2.18. The van der Waals surface area contributed by atoms with Gasteiger partial charge in [-0.05, 0) is 78.8 Å². The van der Waals surface area contributed by atoms with Crippen LogP contribution in [0, 0.1) is 0 Å². The average Bonchev–Trinajstić information content (AvgIpc) is 3.60. The van der Waals surface area contributed by atoms with Crippen LogP contribution in [-0.2, 0) is 20.2 Å². The highest BCUT2D eigenvalue weighted by Crippen LogP contribution is 2.43. The van der Waals surface area contributed by atoms with Gasteiger partial charge in [0.05, 0.1) is 23.9 Å². The number of aromatic amines is 1. The van der Waals surface area contributed by atoms with Crippen LogP contribution in [0.3, 0.4) is 0 Å². The number of esters is 1. The SMILES string of the molecule is COC(=O)c1ccc2c(-c3nc(N[C@H]4CC[C@H](NCCCCCNC(=O)OC(C)(C)C)C4)ncc3C(F)(F)F)c[nH]c2c1P(C)(C)=O. The number of halogens is 3. The molecule has 47 heavy (non-hydrogen) atoms. The predicted molar refractivity (Wildman–Crippen MR) is 176 cm³/mol. The molecule has 0 unspecified atom stereocenters. The lowest BCUT2D eigenvalue weighted by Crippen LogP contribution is -2.33. The Balaban J connectivity index is 1.41. The first kappa shape index (κ1) is 36.2. The van der Waals surface area contributed by atoms with Gasteiger partial charge in [0.25, 0.3) is 0 Å². The highest BCUT2D eigenvalue weighted by Gasteiger charge is 2.37. The number of hydrogen-bond donors (Lipinski definition) is 4. The summed E-state index contributed by atoms with van der Waals surface area (Å²) < 4.78 is 65.8. The van der Waals surface area contributed by atoms with Crippen LogP contribution in [0.15, 0.2) is 24.5 Å². The summed E-state index contributed by atoms with van der Waals surface area (Å²) in [6.45, 7) is 9.79. The van der Waals surface area contributed by atoms with Gasteiger partial charge in [-0.25, -0.2) is 19.6 Å². The number of carbonyl (C=O) groups is 2. The van der Waals surface area contributed by atoms with Crippen molar-refractivity contribution in [1.82, 2.24) is 25.6 Å². The number of carbonyl (C=O) groups excluding carboxylic acids is 2. The van der Waals surface area contributed by atoms with Gasteiger partial charge in [-0.15, -0.1) is 0 Å². The highest BCUT2D eigenvalue weighted by atomic mass is 31.2. The number of aromatic nitrogens is 3. The fourth-order valence-corrected chi connectivity index (χ4v) is 7.27. The van der Waals surface area contributed by atoms with Crippen molar-refractivity contribution in [2.24, 2.45) is 0 Å². The summed E-state index contributed by atoms with van der Waals surface area (Å²) in [7, 11) is -1.87. The fraction of sp³-hybridized carbons (Fsp3) is 0.562. The lowest BCUT2D eigenvalue weighted by molar-refractivity contribution is -0.137. The molecule has 2 atom stereocenters. The number of ether oxygens (including phenoxy) is 2. The number of unbranched alkanes of at least 4 members (excludes halogenated alkanes) is 2. The topological polar surface area (TPSA) is 147 Å². The molecule has 1 fully saturated rings. The molecule has 3 aromatic rings. The number of methoxy groups -OCH3 is 1. The van der Waals surface area contributed by atoms with Crippen molar-refractivity contribution in [2.75, 3.05) is 38.8 Å². The summed E-state index contributed by atoms with van der Waals surface area (Å²) in [4.78, 5) is 35.4. The number of alkyl halides is 3. The molecule has 2 heterocycles. The first-order valence-electron chi connectivity index (χ1n) is 15.7. The summed E-state index contributed by atoms with van der Waals surface area (Å²) in [6, 6.07) is 3.14. The Morgan fingerprint density at radius 1 is 1.06 bits per heavy atom. The molecule has 1 aliphatic rings. The Bertz CT molecular complexity index is 1630. The quantitative estimate of drug-likeness (QED) is 0.0984. The Hall–Kier alpha value is -3.64. The Morgan fingerprint density at radius 2 is 1.77 bits per heavy atom. The Kier molecular flexibility index (Phi) is 11.3. The van der Waals surface area contributed by atoms with Crippen molar-refractivity contribution < 1.29 is 36.8 Å². The summed E-state index contributed by atoms with van der Waals surface area (Å²) in [5, 5.41) is 10.1. The molecule has 4 N–H and O–H groups in total. The van der Waals surface area contributed by atoms with E-state index in [1.807, 2.05) is 20.8 Å². The van der Waals surface area contributed by atoms with E-state index < -0.39 is 36.5 Å². The first-order valence-corrected chi connectivity index (χ1v) is 18.3. The summed E-state index contributed by atoms with van der Waals surface area (Å²) in [5.41, 5.74) is -1.33. The van der Waals surface area contributed by atoms with Crippen LogP contribution in [-0.4, -0.2) is 78.2 Å². The fourth-order valence-electron chi connectivity index (χ4n) is 5.80. The van der Waals surface area contributed by atoms with Gasteiger partial charge >= 0.3 is 18.2 Å². The van der Waals surface area contributed by atoms with E-state index in [0.29, 0.717) is 17.4 Å². The minimum absolute atomic E-state index is 0.0293. The predicted octanol–water partition coefficient (Wildman–Crippen LogP) is 6.30. The summed E-state index contributed by atoms with van der Waals surface area (Å²) in [5.74, 6) is -0.614. The molecule has 1 saturated carbocycles. The molecule has 0 aliphatic heterocycles. The van der Waals surface area contributed by atoms with E-state index in [9.17, 15) is 27.3 Å². The van der Waals surface area contributed by atoms with E-state index in [2.05, 4.69) is 30.9 Å². The number of anilines is 1. The molecule has 1 aliphatic carbocycles. The highest BCUT2D eigenvalue weighted by molar-refractivity contribution is 7.70. The van der Waals surface area contributed by atoms with Crippen LogP contribution in [0.1, 0.15) is 75.2 Å². The van der Waals surface area contributed by atoms with E-state index in [-0.39, 0.29) is 40.2 Å². The normalized spacial score (nSPS) is 17.1. The number of nitrogens with one attached hydrogen (secondary N) is 4. The maximum absolute atomic E-state index is 14.2. The molecule has 0 bridgehead atoms. The van der Waals surface area contributed by atoms with Crippen LogP contribution in [0.5, 0.6) is 0 Å². The minimum atomic E-state index is -4.73. The number of nitrogens with zero attached hydrogens (tertiary/aromatic N) is 2. The molecule has 1 aromatic carbocycles. The number of benzene rings is 1. The number of fused-ring (bicyclic) bond motifs is 1. The van der Waals surface area contributed by atoms with Crippen LogP contribution < -0.4 is 21.3 Å². The zero-order valence-electron chi connectivity index (χ0n) is 27.6. The minimum Gasteiger partial charge on any atom is -0.465 e. The molecule has 15 heteroatoms. The van der Waals surface area contributed by atoms with Crippen molar-refractivity contribution in [3.8, 4) is 11.3 Å². The molecule has 0 radical (unpaired) electrons. The molecular weight excluding hydrogens is 636 g/mol. The van der Waals surface area contributed by atoms with Gasteiger partial charge in [0.15, 0.2) is 0 Å². The van der Waals surface area contributed by atoms with Gasteiger partial charge in [-0.2, -0.15) is 13.2 Å². The van der Waals surface area contributed by atoms with Crippen molar-refractivity contribution in [3.63, 3.8) is 0 Å². The second kappa shape index (κ2) is 14.6. The van der Waals surface area contributed by atoms with Crippen molar-refractivity contribution in [2.45, 2.75) is 83.2 Å². The molecule has 258 valence electrons. The zero-order valence-corrected chi connectivity index (χ0v) is 28.5. The molecule has 4 rings (SSSR count). The molecule has 2 aromatic heterocycles. The van der Waals surface area contributed by atoms with Crippen molar-refractivity contribution >= 4 is 41.4 Å². The van der Waals surface area contributed by atoms with E-state index in [1.54, 1.807) is 0 Å². The second-order valence-corrected chi connectivity index (χ2v) is 16.3. The molecule has 0 spiro atoms. The van der Waals surface area contributed by atoms with Crippen LogP contribution in [0.2, 0.25) is 0 Å².